The van der Waals surface area contributed by atoms with E-state index in [-0.39, 0.29) is 12.5 Å². The number of anilines is 1. The van der Waals surface area contributed by atoms with Crippen molar-refractivity contribution in [1.29, 1.82) is 0 Å². The molecular formula is C15H20N2O5. The Balaban J connectivity index is 2.22. The molecule has 0 aliphatic carbocycles. The second-order valence-electron chi connectivity index (χ2n) is 4.89. The maximum atomic E-state index is 11.5. The summed E-state index contributed by atoms with van der Waals surface area (Å²) in [7, 11) is 1.56. The maximum Gasteiger partial charge on any atom is 0.407 e. The largest absolute Gasteiger partial charge is 0.495 e. The molecule has 1 aromatic carbocycles. The fourth-order valence-electron chi connectivity index (χ4n) is 2.53. The van der Waals surface area contributed by atoms with E-state index in [1.54, 1.807) is 20.1 Å². The van der Waals surface area contributed by atoms with Gasteiger partial charge in [0.15, 0.2) is 0 Å². The highest BCUT2D eigenvalue weighted by molar-refractivity contribution is 5.77. The van der Waals surface area contributed by atoms with Gasteiger partial charge in [0, 0.05) is 13.1 Å². The third-order valence-electron chi connectivity index (χ3n) is 3.57. The number of rotatable bonds is 5. The average Bonchev–Trinajstić information content (AvgIpc) is 2.51. The molecule has 7 heteroatoms. The zero-order valence-corrected chi connectivity index (χ0v) is 12.7. The lowest BCUT2D eigenvalue weighted by molar-refractivity contribution is -0.140. The molecule has 0 radical (unpaired) electrons. The van der Waals surface area contributed by atoms with Gasteiger partial charge in [-0.1, -0.05) is 6.07 Å². The van der Waals surface area contributed by atoms with Crippen LogP contribution in [-0.4, -0.2) is 48.9 Å². The van der Waals surface area contributed by atoms with Crippen LogP contribution in [0.25, 0.3) is 0 Å². The van der Waals surface area contributed by atoms with Crippen LogP contribution in [0.1, 0.15) is 18.1 Å². The number of amides is 1. The summed E-state index contributed by atoms with van der Waals surface area (Å²) in [4.78, 5) is 24.0. The number of nitrogens with one attached hydrogen (secondary N) is 1. The second-order valence-corrected chi connectivity index (χ2v) is 4.89. The van der Waals surface area contributed by atoms with Crippen molar-refractivity contribution in [2.75, 3.05) is 32.1 Å². The first-order valence-electron chi connectivity index (χ1n) is 7.13. The van der Waals surface area contributed by atoms with E-state index >= 15 is 0 Å². The van der Waals surface area contributed by atoms with Crippen LogP contribution in [0.15, 0.2) is 12.1 Å². The van der Waals surface area contributed by atoms with E-state index in [9.17, 15) is 9.59 Å². The summed E-state index contributed by atoms with van der Waals surface area (Å²) < 4.78 is 10.2. The molecule has 1 heterocycles. The Hall–Kier alpha value is -2.44. The Bertz CT molecular complexity index is 573. The third-order valence-corrected chi connectivity index (χ3v) is 3.57. The van der Waals surface area contributed by atoms with Crippen LogP contribution in [0, 0.1) is 0 Å². The van der Waals surface area contributed by atoms with Crippen molar-refractivity contribution in [3.05, 3.63) is 23.3 Å². The van der Waals surface area contributed by atoms with E-state index in [4.69, 9.17) is 14.6 Å². The third kappa shape index (κ3) is 3.41. The zero-order valence-electron chi connectivity index (χ0n) is 12.7. The van der Waals surface area contributed by atoms with Gasteiger partial charge < -0.3 is 24.8 Å². The number of esters is 1. The summed E-state index contributed by atoms with van der Waals surface area (Å²) in [6.45, 7) is 2.89. The molecule has 0 atom stereocenters. The van der Waals surface area contributed by atoms with Crippen LogP contribution in [0.2, 0.25) is 0 Å². The fourth-order valence-corrected chi connectivity index (χ4v) is 2.53. The van der Waals surface area contributed by atoms with E-state index in [0.717, 1.165) is 16.8 Å². The number of carbonyl (C=O) groups excluding carboxylic acids is 1. The zero-order chi connectivity index (χ0) is 16.1. The first kappa shape index (κ1) is 15.9. The Morgan fingerprint density at radius 2 is 2.18 bits per heavy atom. The summed E-state index contributed by atoms with van der Waals surface area (Å²) in [6.07, 6.45) is -0.355. The molecule has 1 aliphatic rings. The number of carbonyl (C=O) groups is 2. The molecule has 0 spiro atoms. The summed E-state index contributed by atoms with van der Waals surface area (Å²) in [5, 5.41) is 12.1. The van der Waals surface area contributed by atoms with E-state index < -0.39 is 6.09 Å². The Kier molecular flexibility index (Phi) is 5.08. The molecular weight excluding hydrogens is 288 g/mol. The number of nitrogens with zero attached hydrogens (tertiary/aromatic N) is 1. The summed E-state index contributed by atoms with van der Waals surface area (Å²) in [5.74, 6) is 0.289. The molecule has 2 rings (SSSR count). The normalized spacial score (nSPS) is 13.3. The molecule has 0 fully saturated rings. The van der Waals surface area contributed by atoms with Crippen molar-refractivity contribution in [2.45, 2.75) is 19.9 Å². The summed E-state index contributed by atoms with van der Waals surface area (Å²) >= 11 is 0. The van der Waals surface area contributed by atoms with E-state index in [0.29, 0.717) is 31.9 Å². The van der Waals surface area contributed by atoms with Crippen molar-refractivity contribution in [3.8, 4) is 5.75 Å². The van der Waals surface area contributed by atoms with Crippen LogP contribution in [0.5, 0.6) is 5.75 Å². The van der Waals surface area contributed by atoms with Crippen LogP contribution < -0.4 is 10.1 Å². The molecule has 2 N–H and O–H groups in total. The molecule has 1 aromatic rings. The monoisotopic (exact) mass is 308 g/mol. The molecule has 7 nitrogen and oxygen atoms in total. The Labute approximate surface area is 128 Å². The Morgan fingerprint density at radius 3 is 2.82 bits per heavy atom. The van der Waals surface area contributed by atoms with Gasteiger partial charge >= 0.3 is 12.1 Å². The molecule has 1 amide bonds. The lowest BCUT2D eigenvalue weighted by Crippen LogP contribution is -2.35. The van der Waals surface area contributed by atoms with Crippen molar-refractivity contribution in [1.82, 2.24) is 4.90 Å². The number of carboxylic acid groups (broad SMARTS) is 1. The van der Waals surface area contributed by atoms with Gasteiger partial charge in [0.05, 0.1) is 19.4 Å². The minimum atomic E-state index is -0.928. The maximum absolute atomic E-state index is 11.5. The van der Waals surface area contributed by atoms with Crippen molar-refractivity contribution in [3.63, 3.8) is 0 Å². The molecule has 0 saturated carbocycles. The average molecular weight is 308 g/mol. The van der Waals surface area contributed by atoms with Crippen molar-refractivity contribution < 1.29 is 24.2 Å². The first-order valence-corrected chi connectivity index (χ1v) is 7.13. The van der Waals surface area contributed by atoms with Crippen LogP contribution in [0.3, 0.4) is 0 Å². The molecule has 1 aliphatic heterocycles. The van der Waals surface area contributed by atoms with Crippen LogP contribution in [-0.2, 0) is 22.5 Å². The van der Waals surface area contributed by atoms with E-state index in [1.807, 2.05) is 6.07 Å². The van der Waals surface area contributed by atoms with Crippen molar-refractivity contribution >= 4 is 17.7 Å². The lowest BCUT2D eigenvalue weighted by Gasteiger charge is -2.29. The quantitative estimate of drug-likeness (QED) is 0.805. The number of methoxy groups -OCH3 is 1. The fraction of sp³-hybridized carbons (Fsp3) is 0.467. The van der Waals surface area contributed by atoms with Gasteiger partial charge in [0.25, 0.3) is 0 Å². The van der Waals surface area contributed by atoms with Gasteiger partial charge in [-0.3, -0.25) is 4.79 Å². The van der Waals surface area contributed by atoms with Crippen LogP contribution in [0.4, 0.5) is 10.5 Å². The summed E-state index contributed by atoms with van der Waals surface area (Å²) in [6, 6.07) is 3.64. The molecule has 0 saturated heterocycles. The standard InChI is InChI=1S/C15H20N2O5/c1-3-22-13(18)8-16-14-11-6-7-17(15(19)20)9-10(11)4-5-12(14)21-2/h4-5,16H,3,6-9H2,1-2H3,(H,19,20). The van der Waals surface area contributed by atoms with Gasteiger partial charge in [0.2, 0.25) is 0 Å². The van der Waals surface area contributed by atoms with Gasteiger partial charge in [-0.05, 0) is 30.5 Å². The molecule has 0 aromatic heterocycles. The van der Waals surface area contributed by atoms with Crippen LogP contribution >= 0.6 is 0 Å². The minimum absolute atomic E-state index is 0.0449. The molecule has 120 valence electrons. The van der Waals surface area contributed by atoms with Gasteiger partial charge in [-0.15, -0.1) is 0 Å². The minimum Gasteiger partial charge on any atom is -0.495 e. The number of ether oxygens (including phenoxy) is 2. The lowest BCUT2D eigenvalue weighted by atomic mass is 9.97. The van der Waals surface area contributed by atoms with Crippen molar-refractivity contribution in [2.24, 2.45) is 0 Å². The highest BCUT2D eigenvalue weighted by atomic mass is 16.5. The number of hydrogen-bond donors (Lipinski definition) is 2. The predicted molar refractivity (Wildman–Crippen MR) is 80.3 cm³/mol. The number of hydrogen-bond acceptors (Lipinski definition) is 5. The Morgan fingerprint density at radius 1 is 1.41 bits per heavy atom. The molecule has 0 bridgehead atoms. The van der Waals surface area contributed by atoms with Gasteiger partial charge in [0.1, 0.15) is 12.3 Å². The highest BCUT2D eigenvalue weighted by Gasteiger charge is 2.24. The smallest absolute Gasteiger partial charge is 0.407 e. The number of benzene rings is 1. The van der Waals surface area contributed by atoms with Gasteiger partial charge in [-0.25, -0.2) is 4.79 Å². The predicted octanol–water partition coefficient (Wildman–Crippen LogP) is 1.71. The second kappa shape index (κ2) is 7.02. The van der Waals surface area contributed by atoms with Gasteiger partial charge in [-0.2, -0.15) is 0 Å². The topological polar surface area (TPSA) is 88.1 Å². The first-order chi connectivity index (χ1) is 10.6. The molecule has 22 heavy (non-hydrogen) atoms. The van der Waals surface area contributed by atoms with E-state index in [1.165, 1.54) is 4.90 Å². The molecule has 0 unspecified atom stereocenters. The number of fused-ring (bicyclic) bond motifs is 1. The summed E-state index contributed by atoms with van der Waals surface area (Å²) in [5.41, 5.74) is 2.64. The van der Waals surface area contributed by atoms with E-state index in [2.05, 4.69) is 5.32 Å². The SMILES string of the molecule is CCOC(=O)CNc1c(OC)ccc2c1CCN(C(=O)O)C2. The highest BCUT2D eigenvalue weighted by Crippen LogP contribution is 2.34.